The lowest BCUT2D eigenvalue weighted by molar-refractivity contribution is 0.159. The monoisotopic (exact) mass is 1120 g/mol. The number of ether oxygens (including phenoxy) is 2. The highest BCUT2D eigenvalue weighted by Crippen LogP contribution is 2.27. The number of unbranched alkanes of at least 4 members (excludes halogenated alkanes) is 2. The molecule has 0 radical (unpaired) electrons. The van der Waals surface area contributed by atoms with Crippen molar-refractivity contribution in [1.29, 1.82) is 0 Å². The van der Waals surface area contributed by atoms with E-state index in [1.807, 2.05) is 184 Å². The molecule has 16 nitrogen and oxygen atoms in total. The molecule has 1 unspecified atom stereocenters. The zero-order valence-corrected chi connectivity index (χ0v) is 47.0. The molecule has 1 atom stereocenters. The van der Waals surface area contributed by atoms with Gasteiger partial charge in [0.1, 0.15) is 12.0 Å². The number of nitrogens with zero attached hydrogens (tertiary/aromatic N) is 6. The van der Waals surface area contributed by atoms with Gasteiger partial charge in [-0.3, -0.25) is 15.6 Å². The number of carbonyl (C=O) groups excluding carboxylic acids is 2. The summed E-state index contributed by atoms with van der Waals surface area (Å²) in [6.45, 7) is 6.96. The van der Waals surface area contributed by atoms with E-state index in [1.54, 1.807) is 24.3 Å². The van der Waals surface area contributed by atoms with E-state index in [4.69, 9.17) is 9.47 Å². The van der Waals surface area contributed by atoms with Crippen LogP contribution in [-0.2, 0) is 28.7 Å². The summed E-state index contributed by atoms with van der Waals surface area (Å²) in [6.07, 6.45) is 4.71. The zero-order valence-electron chi connectivity index (χ0n) is 47.0. The van der Waals surface area contributed by atoms with E-state index in [2.05, 4.69) is 54.5 Å². The Hall–Kier alpha value is -10.5. The van der Waals surface area contributed by atoms with Crippen LogP contribution >= 0.6 is 0 Å². The normalized spacial score (nSPS) is 11.1. The molecule has 1 heterocycles. The summed E-state index contributed by atoms with van der Waals surface area (Å²) in [5.41, 5.74) is 10.7. The number of nitrogens with one attached hydrogen (secondary N) is 3. The Kier molecular flexibility index (Phi) is 19.9. The molecule has 0 aliphatic carbocycles. The van der Waals surface area contributed by atoms with E-state index in [1.165, 1.54) is 0 Å². The Morgan fingerprint density at radius 2 is 0.726 bits per heavy atom. The van der Waals surface area contributed by atoms with E-state index in [0.29, 0.717) is 53.8 Å². The molecule has 84 heavy (non-hydrogen) atoms. The summed E-state index contributed by atoms with van der Waals surface area (Å²) in [7, 11) is 0. The van der Waals surface area contributed by atoms with Crippen molar-refractivity contribution in [2.45, 2.75) is 71.6 Å². The largest absolute Gasteiger partial charge is 0.449 e. The van der Waals surface area contributed by atoms with Crippen LogP contribution < -0.4 is 27.7 Å². The molecule has 2 amide bonds. The molecule has 0 saturated heterocycles. The Morgan fingerprint density at radius 1 is 0.440 bits per heavy atom. The lowest BCUT2D eigenvalue weighted by Crippen LogP contribution is -2.48. The first-order valence-electron chi connectivity index (χ1n) is 27.9. The number of aromatic amines is 1. The highest BCUT2D eigenvalue weighted by molar-refractivity contribution is 5.85. The van der Waals surface area contributed by atoms with Crippen LogP contribution in [0.15, 0.2) is 228 Å². The minimum absolute atomic E-state index is 0.0363. The third kappa shape index (κ3) is 16.3. The number of rotatable bonds is 22. The van der Waals surface area contributed by atoms with Gasteiger partial charge in [-0.25, -0.2) is 33.1 Å². The molecule has 16 heteroatoms. The van der Waals surface area contributed by atoms with Gasteiger partial charge in [0.2, 0.25) is 0 Å². The van der Waals surface area contributed by atoms with E-state index in [-0.39, 0.29) is 5.92 Å². The Labute approximate surface area is 486 Å². The number of anilines is 2. The van der Waals surface area contributed by atoms with Crippen LogP contribution in [0.2, 0.25) is 0 Å². The van der Waals surface area contributed by atoms with Crippen molar-refractivity contribution >= 4 is 58.3 Å². The molecular weight excluding hydrogens is 1050 g/mol. The van der Waals surface area contributed by atoms with Gasteiger partial charge in [0.25, 0.3) is 0 Å². The van der Waals surface area contributed by atoms with Gasteiger partial charge >= 0.3 is 29.3 Å². The number of H-pyrrole nitrogens is 1. The van der Waals surface area contributed by atoms with Crippen LogP contribution in [0, 0.1) is 0 Å². The second-order valence-electron chi connectivity index (χ2n) is 20.1. The average Bonchev–Trinajstić information content (AvgIpc) is 2.98. The van der Waals surface area contributed by atoms with Crippen LogP contribution in [0.1, 0.15) is 96.9 Å². The number of hydrogen-bond acceptors (Lipinski definition) is 11. The fourth-order valence-electron chi connectivity index (χ4n) is 9.03. The van der Waals surface area contributed by atoms with E-state index in [9.17, 15) is 24.0 Å². The third-order valence-corrected chi connectivity index (χ3v) is 13.9. The molecule has 8 aromatic carbocycles. The summed E-state index contributed by atoms with van der Waals surface area (Å²) in [4.78, 5) is 84.0. The number of hydrogen-bond donors (Lipinski definition) is 3. The number of aromatic nitrogens is 3. The third-order valence-electron chi connectivity index (χ3n) is 13.9. The van der Waals surface area contributed by atoms with Crippen molar-refractivity contribution in [3.63, 3.8) is 0 Å². The first-order valence-corrected chi connectivity index (χ1v) is 27.9. The minimum atomic E-state index is -0.840. The molecule has 1 aromatic heterocycles. The fourth-order valence-corrected chi connectivity index (χ4v) is 9.03. The fraction of sp³-hybridized carbons (Fsp3) is 0.191. The van der Waals surface area contributed by atoms with Gasteiger partial charge < -0.3 is 9.47 Å². The van der Waals surface area contributed by atoms with Crippen molar-refractivity contribution in [2.75, 3.05) is 23.8 Å². The van der Waals surface area contributed by atoms with Crippen LogP contribution in [0.5, 0.6) is 0 Å². The molecule has 422 valence electrons. The van der Waals surface area contributed by atoms with E-state index < -0.39 is 29.3 Å². The second-order valence-corrected chi connectivity index (χ2v) is 20.1. The van der Waals surface area contributed by atoms with Crippen molar-refractivity contribution < 1.29 is 19.1 Å². The number of benzene rings is 8. The van der Waals surface area contributed by atoms with Gasteiger partial charge in [-0.05, 0) is 174 Å². The van der Waals surface area contributed by atoms with Crippen LogP contribution in [-0.4, -0.2) is 51.5 Å². The quantitative estimate of drug-likeness (QED) is 0.0442. The van der Waals surface area contributed by atoms with Gasteiger partial charge in [0.15, 0.2) is 0 Å². The molecule has 3 N–H and O–H groups in total. The van der Waals surface area contributed by atoms with Crippen molar-refractivity contribution in [2.24, 2.45) is 20.0 Å². The molecule has 0 saturated carbocycles. The maximum Gasteiger partial charge on any atom is 0.411 e. The van der Waals surface area contributed by atoms with E-state index in [0.717, 1.165) is 104 Å². The highest BCUT2D eigenvalue weighted by Gasteiger charge is 2.16. The molecule has 0 aliphatic rings. The molecule has 9 rings (SSSR count). The maximum absolute atomic E-state index is 13.9. The van der Waals surface area contributed by atoms with Crippen molar-refractivity contribution in [3.8, 4) is 11.4 Å². The van der Waals surface area contributed by atoms with Gasteiger partial charge in [-0.2, -0.15) is 20.0 Å². The predicted octanol–water partition coefficient (Wildman–Crippen LogP) is 14.6. The lowest BCUT2D eigenvalue weighted by Gasteiger charge is -2.14. The molecule has 0 bridgehead atoms. The van der Waals surface area contributed by atoms with Crippen LogP contribution in [0.4, 0.5) is 43.7 Å². The highest BCUT2D eigenvalue weighted by atomic mass is 16.6. The van der Waals surface area contributed by atoms with Gasteiger partial charge in [0.05, 0.1) is 47.3 Å². The SMILES string of the molecule is CCCCOC(=O)Nc1ccc(Cc2ccc(N=C=Nc3ccc(Cc4ccc(-n5c(=O)[nH]c(=O)n(-c6ccc(C(C)c7ccc(N=C=Nc8ccc(Cc9ccc(NC(=O)OCCCC)cc9)cc8)cc7)cc6)c5=O)cc4)cc3)cc2)cc1. The van der Waals surface area contributed by atoms with Crippen LogP contribution in [0.25, 0.3) is 11.4 Å². The summed E-state index contributed by atoms with van der Waals surface area (Å²) in [5.74, 6) is -0.0363. The molecule has 0 aliphatic heterocycles. The first-order chi connectivity index (χ1) is 41.0. The average molecular weight is 1120 g/mol. The summed E-state index contributed by atoms with van der Waals surface area (Å²) >= 11 is 0. The first kappa shape index (κ1) is 58.1. The zero-order chi connectivity index (χ0) is 58.6. The Bertz CT molecular complexity index is 3990. The van der Waals surface area contributed by atoms with Gasteiger partial charge in [-0.15, -0.1) is 0 Å². The summed E-state index contributed by atoms with van der Waals surface area (Å²) in [5, 5.41) is 5.51. The van der Waals surface area contributed by atoms with Gasteiger partial charge in [0, 0.05) is 17.3 Å². The number of aliphatic imine (C=N–C) groups is 4. The van der Waals surface area contributed by atoms with E-state index >= 15 is 0 Å². The molecule has 9 aromatic rings. The van der Waals surface area contributed by atoms with Crippen LogP contribution in [0.3, 0.4) is 0 Å². The predicted molar refractivity (Wildman–Crippen MR) is 331 cm³/mol. The molecule has 0 spiro atoms. The standard InChI is InChI=1S/C68H63N9O7/c1-4-6-40-83-66(80)73-60-30-14-51(15-31-60)42-48-8-24-56(25-9-48)69-45-70-57-28-12-50(13-29-57)44-53-18-36-62(37-19-53)76-64(78)75-65(79)77(68(76)82)63-38-22-55(23-39-63)47(3)54-20-34-59(35-21-54)72-46-71-58-26-10-49(11-27-58)43-52-16-32-61(33-17-52)74-67(81)84-41-7-5-2/h8-39,47H,4-7,40-44H2,1-3H3,(H,73,80)(H,74,81)(H,75,78,79). The van der Waals surface area contributed by atoms with Crippen molar-refractivity contribution in [1.82, 2.24) is 14.1 Å². The smallest absolute Gasteiger partial charge is 0.411 e. The maximum atomic E-state index is 13.9. The lowest BCUT2D eigenvalue weighted by atomic mass is 9.93. The Balaban J connectivity index is 0.751. The topological polar surface area (TPSA) is 203 Å². The second kappa shape index (κ2) is 28.8. The number of carbonyl (C=O) groups is 2. The summed E-state index contributed by atoms with van der Waals surface area (Å²) < 4.78 is 12.2. The molecule has 0 fully saturated rings. The minimum Gasteiger partial charge on any atom is -0.449 e. The number of amides is 2. The van der Waals surface area contributed by atoms with Gasteiger partial charge in [-0.1, -0.05) is 131 Å². The molecular formula is C68H63N9O7. The van der Waals surface area contributed by atoms with Crippen molar-refractivity contribution in [3.05, 3.63) is 270 Å². The summed E-state index contributed by atoms with van der Waals surface area (Å²) in [6, 6.07) is 66.3. The Morgan fingerprint density at radius 3 is 1.06 bits per heavy atom.